The van der Waals surface area contributed by atoms with Crippen LogP contribution in [0.1, 0.15) is 35.3 Å². The number of rotatable bonds is 7. The second kappa shape index (κ2) is 7.28. The lowest BCUT2D eigenvalue weighted by Crippen LogP contribution is -2.03. The average molecular weight is 388 g/mol. The molecular formula is C22H21N5S. The summed E-state index contributed by atoms with van der Waals surface area (Å²) in [6, 6.07) is 16.7. The van der Waals surface area contributed by atoms with E-state index in [4.69, 9.17) is 0 Å². The molecule has 1 fully saturated rings. The summed E-state index contributed by atoms with van der Waals surface area (Å²) in [6.45, 7) is 4.65. The van der Waals surface area contributed by atoms with Crippen molar-refractivity contribution >= 4 is 17.4 Å². The van der Waals surface area contributed by atoms with Gasteiger partial charge in [0.2, 0.25) is 0 Å². The first-order valence-corrected chi connectivity index (χ1v) is 10.5. The molecule has 0 spiro atoms. The Bertz CT molecular complexity index is 1080. The molecule has 2 atom stereocenters. The average Bonchev–Trinajstić information content (AvgIpc) is 3.25. The van der Waals surface area contributed by atoms with E-state index >= 15 is 0 Å². The number of aromatic nitrogens is 5. The fourth-order valence-electron chi connectivity index (χ4n) is 3.73. The second-order valence-electron chi connectivity index (χ2n) is 7.09. The summed E-state index contributed by atoms with van der Waals surface area (Å²) >= 11 is 1.68. The van der Waals surface area contributed by atoms with Crippen LogP contribution < -0.4 is 0 Å². The molecule has 3 aromatic heterocycles. The number of allylic oxidation sites excluding steroid dienone is 1. The molecule has 2 unspecified atom stereocenters. The minimum Gasteiger partial charge on any atom is -0.307 e. The number of thioether (sulfide) groups is 1. The SMILES string of the molecule is C=CCn1c(SCc2cn3ccccc3n2)nnc1C1CC1c1ccccc1. The monoisotopic (exact) mass is 387 g/mol. The molecule has 3 heterocycles. The minimum atomic E-state index is 0.444. The van der Waals surface area contributed by atoms with Gasteiger partial charge in [-0.1, -0.05) is 54.2 Å². The van der Waals surface area contributed by atoms with Crippen molar-refractivity contribution in [3.05, 3.63) is 90.7 Å². The van der Waals surface area contributed by atoms with E-state index in [0.717, 1.165) is 41.0 Å². The Morgan fingerprint density at radius 3 is 2.75 bits per heavy atom. The van der Waals surface area contributed by atoms with E-state index < -0.39 is 0 Å². The van der Waals surface area contributed by atoms with Crippen LogP contribution in [0.15, 0.2) is 78.7 Å². The Balaban J connectivity index is 1.34. The Labute approximate surface area is 168 Å². The van der Waals surface area contributed by atoms with Gasteiger partial charge in [0, 0.05) is 30.6 Å². The van der Waals surface area contributed by atoms with Gasteiger partial charge in [0.05, 0.1) is 5.69 Å². The first-order chi connectivity index (χ1) is 13.8. The summed E-state index contributed by atoms with van der Waals surface area (Å²) in [5, 5.41) is 9.97. The number of nitrogens with zero attached hydrogens (tertiary/aromatic N) is 5. The molecule has 28 heavy (non-hydrogen) atoms. The van der Waals surface area contributed by atoms with Crippen molar-refractivity contribution in [2.75, 3.05) is 0 Å². The number of pyridine rings is 1. The summed E-state index contributed by atoms with van der Waals surface area (Å²) in [7, 11) is 0. The zero-order chi connectivity index (χ0) is 18.9. The van der Waals surface area contributed by atoms with E-state index in [2.05, 4.69) is 62.9 Å². The molecule has 6 heteroatoms. The molecule has 1 aliphatic rings. The van der Waals surface area contributed by atoms with Crippen LogP contribution in [0, 0.1) is 0 Å². The van der Waals surface area contributed by atoms with Crippen molar-refractivity contribution in [2.45, 2.75) is 35.7 Å². The highest BCUT2D eigenvalue weighted by Gasteiger charge is 2.43. The molecule has 0 amide bonds. The lowest BCUT2D eigenvalue weighted by atomic mass is 10.1. The van der Waals surface area contributed by atoms with Crippen LogP contribution in [-0.2, 0) is 12.3 Å². The fourth-order valence-corrected chi connectivity index (χ4v) is 4.56. The van der Waals surface area contributed by atoms with Gasteiger partial charge in [0.25, 0.3) is 0 Å². The first-order valence-electron chi connectivity index (χ1n) is 9.48. The van der Waals surface area contributed by atoms with Gasteiger partial charge in [-0.05, 0) is 30.0 Å². The normalized spacial score (nSPS) is 18.4. The van der Waals surface area contributed by atoms with Gasteiger partial charge in [-0.2, -0.15) is 0 Å². The van der Waals surface area contributed by atoms with E-state index in [1.165, 1.54) is 5.56 Å². The smallest absolute Gasteiger partial charge is 0.191 e. The van der Waals surface area contributed by atoms with E-state index in [-0.39, 0.29) is 0 Å². The van der Waals surface area contributed by atoms with E-state index in [9.17, 15) is 0 Å². The molecule has 1 aliphatic carbocycles. The number of benzene rings is 1. The topological polar surface area (TPSA) is 48.0 Å². The van der Waals surface area contributed by atoms with Gasteiger partial charge in [-0.3, -0.25) is 0 Å². The standard InChI is InChI=1S/C22H21N5S/c1-2-11-27-21(19-13-18(19)16-8-4-3-5-9-16)24-25-22(27)28-15-17-14-26-12-7-6-10-20(26)23-17/h2-10,12,14,18-19H,1,11,13,15H2. The summed E-state index contributed by atoms with van der Waals surface area (Å²) in [5.41, 5.74) is 3.40. The Hall–Kier alpha value is -2.86. The van der Waals surface area contributed by atoms with Crippen molar-refractivity contribution in [1.82, 2.24) is 24.1 Å². The van der Waals surface area contributed by atoms with Gasteiger partial charge >= 0.3 is 0 Å². The maximum atomic E-state index is 4.67. The predicted molar refractivity (Wildman–Crippen MR) is 112 cm³/mol. The molecule has 0 aliphatic heterocycles. The van der Waals surface area contributed by atoms with Crippen molar-refractivity contribution < 1.29 is 0 Å². The molecule has 1 saturated carbocycles. The van der Waals surface area contributed by atoms with Crippen molar-refractivity contribution in [2.24, 2.45) is 0 Å². The molecular weight excluding hydrogens is 366 g/mol. The molecule has 4 aromatic rings. The van der Waals surface area contributed by atoms with Crippen molar-refractivity contribution in [1.29, 1.82) is 0 Å². The summed E-state index contributed by atoms with van der Waals surface area (Å²) < 4.78 is 4.26. The molecule has 5 rings (SSSR count). The maximum absolute atomic E-state index is 4.67. The molecule has 0 saturated heterocycles. The molecule has 1 aromatic carbocycles. The third-order valence-corrected chi connectivity index (χ3v) is 6.17. The van der Waals surface area contributed by atoms with Crippen LogP contribution in [0.3, 0.4) is 0 Å². The number of imidazole rings is 1. The largest absolute Gasteiger partial charge is 0.307 e. The van der Waals surface area contributed by atoms with Crippen LogP contribution >= 0.6 is 11.8 Å². The van der Waals surface area contributed by atoms with Gasteiger partial charge in [-0.15, -0.1) is 16.8 Å². The lowest BCUT2D eigenvalue weighted by Gasteiger charge is -2.07. The number of hydrogen-bond acceptors (Lipinski definition) is 4. The number of fused-ring (bicyclic) bond motifs is 1. The highest BCUT2D eigenvalue weighted by atomic mass is 32.2. The van der Waals surface area contributed by atoms with Crippen LogP contribution in [0.2, 0.25) is 0 Å². The molecule has 5 nitrogen and oxygen atoms in total. The van der Waals surface area contributed by atoms with Gasteiger partial charge in [0.15, 0.2) is 5.16 Å². The van der Waals surface area contributed by atoms with Crippen LogP contribution in [0.4, 0.5) is 0 Å². The maximum Gasteiger partial charge on any atom is 0.191 e. The highest BCUT2D eigenvalue weighted by Crippen LogP contribution is 2.54. The fraction of sp³-hybridized carbons (Fsp3) is 0.227. The van der Waals surface area contributed by atoms with E-state index in [1.54, 1.807) is 11.8 Å². The zero-order valence-electron chi connectivity index (χ0n) is 15.5. The molecule has 0 bridgehead atoms. The second-order valence-corrected chi connectivity index (χ2v) is 8.03. The summed E-state index contributed by atoms with van der Waals surface area (Å²) in [4.78, 5) is 4.67. The Morgan fingerprint density at radius 2 is 1.93 bits per heavy atom. The third-order valence-electron chi connectivity index (χ3n) is 5.17. The first kappa shape index (κ1) is 17.3. The third kappa shape index (κ3) is 3.24. The molecule has 0 N–H and O–H groups in total. The van der Waals surface area contributed by atoms with Gasteiger partial charge in [0.1, 0.15) is 11.5 Å². The Kier molecular flexibility index (Phi) is 4.49. The van der Waals surface area contributed by atoms with E-state index in [0.29, 0.717) is 11.8 Å². The van der Waals surface area contributed by atoms with E-state index in [1.807, 2.05) is 34.9 Å². The van der Waals surface area contributed by atoms with Crippen LogP contribution in [-0.4, -0.2) is 24.1 Å². The molecule has 140 valence electrons. The zero-order valence-corrected chi connectivity index (χ0v) is 16.3. The van der Waals surface area contributed by atoms with Gasteiger partial charge in [-0.25, -0.2) is 4.98 Å². The van der Waals surface area contributed by atoms with Crippen molar-refractivity contribution in [3.8, 4) is 0 Å². The molecule has 0 radical (unpaired) electrons. The Morgan fingerprint density at radius 1 is 1.07 bits per heavy atom. The highest BCUT2D eigenvalue weighted by molar-refractivity contribution is 7.98. The number of hydrogen-bond donors (Lipinski definition) is 0. The van der Waals surface area contributed by atoms with Crippen LogP contribution in [0.5, 0.6) is 0 Å². The van der Waals surface area contributed by atoms with Crippen molar-refractivity contribution in [3.63, 3.8) is 0 Å². The summed E-state index contributed by atoms with van der Waals surface area (Å²) in [6.07, 6.45) is 7.15. The van der Waals surface area contributed by atoms with Crippen LogP contribution in [0.25, 0.3) is 5.65 Å². The lowest BCUT2D eigenvalue weighted by molar-refractivity contribution is 0.677. The predicted octanol–water partition coefficient (Wildman–Crippen LogP) is 4.68. The quantitative estimate of drug-likeness (QED) is 0.341. The summed E-state index contributed by atoms with van der Waals surface area (Å²) in [5.74, 6) is 2.83. The van der Waals surface area contributed by atoms with Gasteiger partial charge < -0.3 is 8.97 Å². The minimum absolute atomic E-state index is 0.444.